The zero-order valence-corrected chi connectivity index (χ0v) is 17.7. The summed E-state index contributed by atoms with van der Waals surface area (Å²) in [6, 6.07) is 24.5. The van der Waals surface area contributed by atoms with Crippen LogP contribution in [0.25, 0.3) is 22.4 Å². The third-order valence-electron chi connectivity index (χ3n) is 6.05. The first-order valence-corrected chi connectivity index (χ1v) is 10.8. The molecule has 158 valence electrons. The Bertz CT molecular complexity index is 1160. The van der Waals surface area contributed by atoms with Gasteiger partial charge in [-0.3, -0.25) is 0 Å². The molecule has 31 heavy (non-hydrogen) atoms. The Labute approximate surface area is 182 Å². The smallest absolute Gasteiger partial charge is 0.138 e. The van der Waals surface area contributed by atoms with E-state index in [4.69, 9.17) is 9.72 Å². The maximum Gasteiger partial charge on any atom is 0.138 e. The fourth-order valence-electron chi connectivity index (χ4n) is 4.03. The number of ether oxygens (including phenoxy) is 1. The Kier molecular flexibility index (Phi) is 5.12. The maximum atomic E-state index is 10.2. The molecule has 2 N–H and O–H groups in total. The van der Waals surface area contributed by atoms with Gasteiger partial charge in [0.25, 0.3) is 0 Å². The van der Waals surface area contributed by atoms with Crippen LogP contribution in [0.3, 0.4) is 0 Å². The van der Waals surface area contributed by atoms with Gasteiger partial charge in [0.1, 0.15) is 18.2 Å². The van der Waals surface area contributed by atoms with Crippen molar-refractivity contribution in [1.29, 1.82) is 0 Å². The second-order valence-corrected chi connectivity index (χ2v) is 8.57. The van der Waals surface area contributed by atoms with Crippen LogP contribution in [-0.2, 0) is 6.61 Å². The van der Waals surface area contributed by atoms with Gasteiger partial charge in [0.15, 0.2) is 0 Å². The molecule has 0 radical (unpaired) electrons. The highest BCUT2D eigenvalue weighted by Crippen LogP contribution is 2.29. The number of aliphatic hydroxyl groups is 1. The molecule has 1 saturated heterocycles. The molecule has 1 fully saturated rings. The Hall–Kier alpha value is -3.31. The van der Waals surface area contributed by atoms with Gasteiger partial charge in [-0.1, -0.05) is 30.3 Å². The fourth-order valence-corrected chi connectivity index (χ4v) is 4.03. The van der Waals surface area contributed by atoms with Crippen molar-refractivity contribution in [2.75, 3.05) is 18.0 Å². The summed E-state index contributed by atoms with van der Waals surface area (Å²) in [7, 11) is 0. The van der Waals surface area contributed by atoms with Gasteiger partial charge < -0.3 is 19.7 Å². The third kappa shape index (κ3) is 4.42. The summed E-state index contributed by atoms with van der Waals surface area (Å²) in [4.78, 5) is 10.5. The maximum absolute atomic E-state index is 10.2. The number of anilines is 1. The van der Waals surface area contributed by atoms with E-state index >= 15 is 0 Å². The molecular formula is C26H27N3O2. The average Bonchev–Trinajstić information content (AvgIpc) is 3.22. The molecule has 3 aromatic carbocycles. The van der Waals surface area contributed by atoms with Crippen LogP contribution < -0.4 is 9.64 Å². The number of nitrogens with one attached hydrogen (secondary N) is 1. The van der Waals surface area contributed by atoms with Gasteiger partial charge in [0.2, 0.25) is 0 Å². The first-order chi connectivity index (χ1) is 15.1. The number of benzene rings is 3. The molecule has 4 aromatic rings. The number of fused-ring (bicyclic) bond motifs is 1. The molecule has 0 saturated carbocycles. The van der Waals surface area contributed by atoms with Gasteiger partial charge in [0.05, 0.1) is 16.6 Å². The van der Waals surface area contributed by atoms with Gasteiger partial charge in [-0.25, -0.2) is 4.98 Å². The van der Waals surface area contributed by atoms with Crippen LogP contribution in [0.1, 0.15) is 25.3 Å². The molecule has 0 unspecified atom stereocenters. The third-order valence-corrected chi connectivity index (χ3v) is 6.05. The Morgan fingerprint density at radius 1 is 1.00 bits per heavy atom. The summed E-state index contributed by atoms with van der Waals surface area (Å²) in [6.45, 7) is 4.21. The zero-order valence-electron chi connectivity index (χ0n) is 17.7. The molecule has 2 heterocycles. The van der Waals surface area contributed by atoms with Crippen molar-refractivity contribution in [3.8, 4) is 17.1 Å². The van der Waals surface area contributed by atoms with E-state index in [-0.39, 0.29) is 0 Å². The van der Waals surface area contributed by atoms with E-state index < -0.39 is 5.60 Å². The molecule has 1 aliphatic heterocycles. The zero-order chi connectivity index (χ0) is 21.3. The average molecular weight is 414 g/mol. The van der Waals surface area contributed by atoms with Crippen molar-refractivity contribution >= 4 is 16.7 Å². The van der Waals surface area contributed by atoms with E-state index in [1.54, 1.807) is 0 Å². The minimum Gasteiger partial charge on any atom is -0.489 e. The molecular weight excluding hydrogens is 386 g/mol. The van der Waals surface area contributed by atoms with Gasteiger partial charge in [0, 0.05) is 24.3 Å². The van der Waals surface area contributed by atoms with Gasteiger partial charge in [-0.05, 0) is 67.8 Å². The van der Waals surface area contributed by atoms with Crippen molar-refractivity contribution in [2.24, 2.45) is 0 Å². The summed E-state index contributed by atoms with van der Waals surface area (Å²) in [5.41, 5.74) is 4.78. The summed E-state index contributed by atoms with van der Waals surface area (Å²) in [5.74, 6) is 1.69. The van der Waals surface area contributed by atoms with Gasteiger partial charge in [-0.2, -0.15) is 0 Å². The van der Waals surface area contributed by atoms with Gasteiger partial charge >= 0.3 is 0 Å². The summed E-state index contributed by atoms with van der Waals surface area (Å²) >= 11 is 0. The monoisotopic (exact) mass is 413 g/mol. The minimum absolute atomic E-state index is 0.543. The lowest BCUT2D eigenvalue weighted by Gasteiger charge is -2.37. The molecule has 0 bridgehead atoms. The van der Waals surface area contributed by atoms with E-state index in [9.17, 15) is 5.11 Å². The van der Waals surface area contributed by atoms with Crippen LogP contribution in [-0.4, -0.2) is 33.8 Å². The van der Waals surface area contributed by atoms with E-state index in [0.29, 0.717) is 6.61 Å². The Morgan fingerprint density at radius 3 is 2.48 bits per heavy atom. The molecule has 5 heteroatoms. The number of H-pyrrole nitrogens is 1. The lowest BCUT2D eigenvalue weighted by atomic mass is 9.93. The lowest BCUT2D eigenvalue weighted by molar-refractivity contribution is 0.0351. The number of imidazole rings is 1. The predicted octanol–water partition coefficient (Wildman–Crippen LogP) is 5.16. The summed E-state index contributed by atoms with van der Waals surface area (Å²) < 4.78 is 5.89. The van der Waals surface area contributed by atoms with Crippen molar-refractivity contribution in [2.45, 2.75) is 32.0 Å². The first kappa shape index (κ1) is 19.6. The second kappa shape index (κ2) is 8.08. The van der Waals surface area contributed by atoms with Crippen molar-refractivity contribution in [3.63, 3.8) is 0 Å². The standard InChI is InChI=1S/C26H27N3O2/c1-26(30)13-15-29(16-14-26)21-9-12-23-24(17-21)28-25(27-23)20-7-10-22(11-8-20)31-18-19-5-3-2-4-6-19/h2-12,17,30H,13-16,18H2,1H3,(H,27,28). The molecule has 0 atom stereocenters. The van der Waals surface area contributed by atoms with Crippen molar-refractivity contribution in [3.05, 3.63) is 78.4 Å². The van der Waals surface area contributed by atoms with Crippen LogP contribution >= 0.6 is 0 Å². The van der Waals surface area contributed by atoms with Crippen LogP contribution in [0.4, 0.5) is 5.69 Å². The summed E-state index contributed by atoms with van der Waals surface area (Å²) in [6.07, 6.45) is 1.58. The van der Waals surface area contributed by atoms with Crippen LogP contribution in [0.15, 0.2) is 72.8 Å². The van der Waals surface area contributed by atoms with Crippen LogP contribution in [0.2, 0.25) is 0 Å². The van der Waals surface area contributed by atoms with Crippen LogP contribution in [0.5, 0.6) is 5.75 Å². The molecule has 1 aliphatic rings. The fraction of sp³-hybridized carbons (Fsp3) is 0.269. The van der Waals surface area contributed by atoms with Crippen LogP contribution in [0, 0.1) is 0 Å². The molecule has 1 aromatic heterocycles. The largest absolute Gasteiger partial charge is 0.489 e. The highest BCUT2D eigenvalue weighted by Gasteiger charge is 2.27. The highest BCUT2D eigenvalue weighted by atomic mass is 16.5. The second-order valence-electron chi connectivity index (χ2n) is 8.57. The van der Waals surface area contributed by atoms with Gasteiger partial charge in [-0.15, -0.1) is 0 Å². The topological polar surface area (TPSA) is 61.4 Å². The minimum atomic E-state index is -0.543. The predicted molar refractivity (Wildman–Crippen MR) is 124 cm³/mol. The van der Waals surface area contributed by atoms with E-state index in [1.165, 1.54) is 5.69 Å². The molecule has 5 rings (SSSR count). The number of nitrogens with zero attached hydrogens (tertiary/aromatic N) is 2. The molecule has 5 nitrogen and oxygen atoms in total. The van der Waals surface area contributed by atoms with Crippen molar-refractivity contribution < 1.29 is 9.84 Å². The van der Waals surface area contributed by atoms with E-state index in [2.05, 4.69) is 40.2 Å². The number of hydrogen-bond donors (Lipinski definition) is 2. The molecule has 0 spiro atoms. The highest BCUT2D eigenvalue weighted by molar-refractivity contribution is 5.83. The van der Waals surface area contributed by atoms with E-state index in [0.717, 1.165) is 59.7 Å². The SMILES string of the molecule is CC1(O)CCN(c2ccc3nc(-c4ccc(OCc5ccccc5)cc4)[nH]c3c2)CC1. The number of aromatic nitrogens is 2. The summed E-state index contributed by atoms with van der Waals surface area (Å²) in [5, 5.41) is 10.2. The Morgan fingerprint density at radius 2 is 1.74 bits per heavy atom. The molecule has 0 amide bonds. The number of aromatic amines is 1. The number of piperidine rings is 1. The lowest BCUT2D eigenvalue weighted by Crippen LogP contribution is -2.42. The van der Waals surface area contributed by atoms with E-state index in [1.807, 2.05) is 49.4 Å². The quantitative estimate of drug-likeness (QED) is 0.474. The first-order valence-electron chi connectivity index (χ1n) is 10.8. The van der Waals surface area contributed by atoms with Crippen molar-refractivity contribution in [1.82, 2.24) is 9.97 Å². The molecule has 0 aliphatic carbocycles. The normalized spacial score (nSPS) is 15.9. The number of rotatable bonds is 5. The number of hydrogen-bond acceptors (Lipinski definition) is 4. The Balaban J connectivity index is 1.30.